The van der Waals surface area contributed by atoms with Crippen LogP contribution in [0.5, 0.6) is 0 Å². The van der Waals surface area contributed by atoms with E-state index in [1.54, 1.807) is 6.07 Å². The van der Waals surface area contributed by atoms with Crippen molar-refractivity contribution in [3.8, 4) is 0 Å². The van der Waals surface area contributed by atoms with E-state index in [4.69, 9.17) is 0 Å². The number of hydrogen-bond donors (Lipinski definition) is 0. The molecule has 0 radical (unpaired) electrons. The van der Waals surface area contributed by atoms with Crippen molar-refractivity contribution >= 4 is 11.6 Å². The summed E-state index contributed by atoms with van der Waals surface area (Å²) < 4.78 is 24.9. The average molecular weight is 332 g/mol. The molecule has 0 amide bonds. The maximum atomic E-state index is 12.6. The Bertz CT molecular complexity index is 709. The molecule has 0 bridgehead atoms. The summed E-state index contributed by atoms with van der Waals surface area (Å²) in [6, 6.07) is 11.1. The van der Waals surface area contributed by atoms with Crippen LogP contribution in [0.3, 0.4) is 0 Å². The highest BCUT2D eigenvalue weighted by molar-refractivity contribution is 5.99. The first-order chi connectivity index (χ1) is 11.3. The summed E-state index contributed by atoms with van der Waals surface area (Å²) in [5.74, 6) is -0.859. The topological polar surface area (TPSA) is 34.1 Å². The molecule has 0 heterocycles. The van der Waals surface area contributed by atoms with E-state index in [9.17, 15) is 18.4 Å². The van der Waals surface area contributed by atoms with Crippen LogP contribution in [-0.4, -0.2) is 11.6 Å². The molecule has 0 N–H and O–H groups in total. The van der Waals surface area contributed by atoms with Gasteiger partial charge in [-0.1, -0.05) is 37.3 Å². The Morgan fingerprint density at radius 2 is 1.67 bits per heavy atom. The molecule has 0 spiro atoms. The lowest BCUT2D eigenvalue weighted by molar-refractivity contribution is -0.116. The molecule has 128 valence electrons. The molecule has 0 aliphatic carbocycles. The lowest BCUT2D eigenvalue weighted by Crippen LogP contribution is -2.03. The van der Waals surface area contributed by atoms with Crippen LogP contribution in [0, 0.1) is 18.6 Å². The lowest BCUT2D eigenvalue weighted by atomic mass is 10.0. The molecular weight excluding hydrogens is 310 g/mol. The quantitative estimate of drug-likeness (QED) is 0.716. The Morgan fingerprint density at radius 3 is 2.21 bits per heavy atom. The highest BCUT2D eigenvalue weighted by atomic mass is 19.1. The molecule has 2 nitrogen and oxygen atoms in total. The minimum atomic E-state index is -0.519. The molecule has 0 aliphatic rings. The first-order valence-electron chi connectivity index (χ1n) is 7.87. The number of carbonyl (C=O) groups excluding carboxylic acids is 2. The van der Waals surface area contributed by atoms with E-state index >= 15 is 0 Å². The zero-order chi connectivity index (χ0) is 18.1. The van der Waals surface area contributed by atoms with Gasteiger partial charge in [0, 0.05) is 24.5 Å². The van der Waals surface area contributed by atoms with Gasteiger partial charge in [-0.2, -0.15) is 0 Å². The van der Waals surface area contributed by atoms with Crippen molar-refractivity contribution in [2.24, 2.45) is 0 Å². The number of halogens is 2. The molecule has 0 saturated carbocycles. The van der Waals surface area contributed by atoms with Gasteiger partial charge in [0.2, 0.25) is 0 Å². The Kier molecular flexibility index (Phi) is 7.96. The van der Waals surface area contributed by atoms with Crippen LogP contribution in [0.4, 0.5) is 8.78 Å². The molecule has 4 heteroatoms. The number of aryl methyl sites for hydroxylation is 2. The zero-order valence-corrected chi connectivity index (χ0v) is 14.2. The summed E-state index contributed by atoms with van der Waals surface area (Å²) in [5, 5.41) is 0. The molecule has 0 fully saturated rings. The van der Waals surface area contributed by atoms with E-state index in [1.807, 2.05) is 32.0 Å². The van der Waals surface area contributed by atoms with E-state index < -0.39 is 11.6 Å². The van der Waals surface area contributed by atoms with Gasteiger partial charge in [0.15, 0.2) is 5.78 Å². The monoisotopic (exact) mass is 332 g/mol. The molecule has 0 saturated heterocycles. The molecule has 24 heavy (non-hydrogen) atoms. The van der Waals surface area contributed by atoms with Crippen molar-refractivity contribution in [1.82, 2.24) is 0 Å². The first kappa shape index (κ1) is 19.7. The zero-order valence-electron chi connectivity index (χ0n) is 14.2. The summed E-state index contributed by atoms with van der Waals surface area (Å²) in [5.41, 5.74) is 2.26. The minimum Gasteiger partial charge on any atom is -0.300 e. The van der Waals surface area contributed by atoms with Crippen LogP contribution in [0.25, 0.3) is 0 Å². The van der Waals surface area contributed by atoms with Gasteiger partial charge >= 0.3 is 0 Å². The van der Waals surface area contributed by atoms with Crippen LogP contribution < -0.4 is 0 Å². The van der Waals surface area contributed by atoms with Crippen molar-refractivity contribution in [3.63, 3.8) is 0 Å². The van der Waals surface area contributed by atoms with Crippen molar-refractivity contribution in [2.45, 2.75) is 40.0 Å². The third kappa shape index (κ3) is 6.41. The Hall–Kier alpha value is -2.36. The van der Waals surface area contributed by atoms with E-state index in [-0.39, 0.29) is 11.6 Å². The van der Waals surface area contributed by atoms with Gasteiger partial charge in [0.25, 0.3) is 0 Å². The van der Waals surface area contributed by atoms with E-state index in [1.165, 1.54) is 19.1 Å². The molecule has 0 aromatic heterocycles. The second-order valence-electron chi connectivity index (χ2n) is 5.53. The van der Waals surface area contributed by atoms with Gasteiger partial charge in [0.1, 0.15) is 17.4 Å². The molecule has 0 aliphatic heterocycles. The molecular formula is C20H22F2O2. The maximum Gasteiger partial charge on any atom is 0.163 e. The summed E-state index contributed by atoms with van der Waals surface area (Å²) in [7, 11) is 0. The minimum absolute atomic E-state index is 0.0540. The van der Waals surface area contributed by atoms with Gasteiger partial charge in [-0.05, 0) is 37.5 Å². The Labute approximate surface area is 141 Å². The fraction of sp³-hybridized carbons (Fsp3) is 0.300. The van der Waals surface area contributed by atoms with Gasteiger partial charge in [-0.3, -0.25) is 4.79 Å². The summed E-state index contributed by atoms with van der Waals surface area (Å²) in [4.78, 5) is 22.3. The summed E-state index contributed by atoms with van der Waals surface area (Å²) >= 11 is 0. The summed E-state index contributed by atoms with van der Waals surface area (Å²) in [6.07, 6.45) is 1.26. The summed E-state index contributed by atoms with van der Waals surface area (Å²) in [6.45, 7) is 5.24. The third-order valence-electron chi connectivity index (χ3n) is 3.55. The predicted molar refractivity (Wildman–Crippen MR) is 91.2 cm³/mol. The fourth-order valence-corrected chi connectivity index (χ4v) is 2.12. The predicted octanol–water partition coefficient (Wildman–Crippen LogP) is 5.07. The number of hydrogen-bond acceptors (Lipinski definition) is 2. The highest BCUT2D eigenvalue weighted by Gasteiger charge is 2.08. The number of Topliss-reactive ketones (excluding diaryl/α,β-unsaturated/α-hetero) is 2. The van der Waals surface area contributed by atoms with Crippen LogP contribution in [-0.2, 0) is 11.2 Å². The van der Waals surface area contributed by atoms with Crippen molar-refractivity contribution < 1.29 is 18.4 Å². The number of carbonyl (C=O) groups is 2. The van der Waals surface area contributed by atoms with Crippen molar-refractivity contribution in [3.05, 3.63) is 70.8 Å². The van der Waals surface area contributed by atoms with Gasteiger partial charge in [-0.15, -0.1) is 0 Å². The third-order valence-corrected chi connectivity index (χ3v) is 3.55. The molecule has 0 unspecified atom stereocenters. The molecule has 0 atom stereocenters. The molecule has 2 aromatic carbocycles. The van der Waals surface area contributed by atoms with Gasteiger partial charge in [-0.25, -0.2) is 8.78 Å². The first-order valence-corrected chi connectivity index (χ1v) is 7.87. The van der Waals surface area contributed by atoms with Crippen LogP contribution >= 0.6 is 0 Å². The molecule has 2 aromatic rings. The van der Waals surface area contributed by atoms with Gasteiger partial charge < -0.3 is 4.79 Å². The van der Waals surface area contributed by atoms with E-state index in [2.05, 4.69) is 0 Å². The van der Waals surface area contributed by atoms with Gasteiger partial charge in [0.05, 0.1) is 0 Å². The lowest BCUT2D eigenvalue weighted by Gasteiger charge is -2.02. The number of benzene rings is 2. The smallest absolute Gasteiger partial charge is 0.163 e. The molecule has 2 rings (SSSR count). The van der Waals surface area contributed by atoms with Crippen LogP contribution in [0.1, 0.15) is 48.2 Å². The second-order valence-corrected chi connectivity index (χ2v) is 5.53. The Balaban J connectivity index is 0.000000254. The largest absolute Gasteiger partial charge is 0.300 e. The van der Waals surface area contributed by atoms with Crippen LogP contribution in [0.15, 0.2) is 42.5 Å². The SMILES string of the molecule is CC(=O)CCC(=O)c1ccccc1C.CCc1ccc(F)cc1F. The van der Waals surface area contributed by atoms with Crippen molar-refractivity contribution in [2.75, 3.05) is 0 Å². The van der Waals surface area contributed by atoms with E-state index in [0.29, 0.717) is 24.8 Å². The maximum absolute atomic E-state index is 12.6. The number of rotatable bonds is 5. The standard InChI is InChI=1S/C12H14O2.C8H8F2/c1-9-5-3-4-6-11(9)12(14)8-7-10(2)13;1-2-6-3-4-7(9)5-8(6)10/h3-6H,7-8H2,1-2H3;3-5H,2H2,1H3. The second kappa shape index (κ2) is 9.71. The number of ketones is 2. The van der Waals surface area contributed by atoms with Crippen molar-refractivity contribution in [1.29, 1.82) is 0 Å². The highest BCUT2D eigenvalue weighted by Crippen LogP contribution is 2.11. The fourth-order valence-electron chi connectivity index (χ4n) is 2.12. The van der Waals surface area contributed by atoms with Crippen LogP contribution in [0.2, 0.25) is 0 Å². The average Bonchev–Trinajstić information content (AvgIpc) is 2.54. The normalized spacial score (nSPS) is 9.88. The van der Waals surface area contributed by atoms with E-state index in [0.717, 1.165) is 17.2 Å². The Morgan fingerprint density at radius 1 is 1.00 bits per heavy atom.